The van der Waals surface area contributed by atoms with Gasteiger partial charge in [-0.15, -0.1) is 0 Å². The van der Waals surface area contributed by atoms with E-state index in [4.69, 9.17) is 4.74 Å². The van der Waals surface area contributed by atoms with E-state index in [-0.39, 0.29) is 0 Å². The molecule has 18 heavy (non-hydrogen) atoms. The highest BCUT2D eigenvalue weighted by Crippen LogP contribution is 2.48. The summed E-state index contributed by atoms with van der Waals surface area (Å²) in [5.41, 5.74) is 1.11. The van der Waals surface area contributed by atoms with Crippen LogP contribution >= 0.6 is 0 Å². The lowest BCUT2D eigenvalue weighted by Gasteiger charge is -2.29. The number of rotatable bonds is 9. The highest BCUT2D eigenvalue weighted by Gasteiger charge is 2.42. The van der Waals surface area contributed by atoms with Crippen molar-refractivity contribution in [2.24, 2.45) is 10.8 Å². The van der Waals surface area contributed by atoms with Gasteiger partial charge in [0.1, 0.15) is 0 Å². The Labute approximate surface area is 112 Å². The van der Waals surface area contributed by atoms with E-state index in [0.29, 0.717) is 10.8 Å². The number of hydrogen-bond donors (Lipinski definition) is 2. The topological polar surface area (TPSA) is 33.3 Å². The lowest BCUT2D eigenvalue weighted by Crippen LogP contribution is -2.38. The molecular weight excluding hydrogens is 224 g/mol. The third-order valence-corrected chi connectivity index (χ3v) is 4.91. The zero-order chi connectivity index (χ0) is 12.9. The number of nitrogens with one attached hydrogen (secondary N) is 2. The van der Waals surface area contributed by atoms with E-state index in [1.807, 2.05) is 7.11 Å². The van der Waals surface area contributed by atoms with E-state index >= 15 is 0 Å². The van der Waals surface area contributed by atoms with Crippen LogP contribution in [0.2, 0.25) is 0 Å². The standard InChI is InChI=1S/C15H30N2O/c1-3-4-15(7-9-16-12-15)13-17-11-14(5-6-14)8-10-18-2/h16-17H,3-13H2,1-2H3. The Morgan fingerprint density at radius 2 is 1.89 bits per heavy atom. The molecule has 1 heterocycles. The molecule has 0 aromatic heterocycles. The predicted molar refractivity (Wildman–Crippen MR) is 75.9 cm³/mol. The zero-order valence-electron chi connectivity index (χ0n) is 12.2. The van der Waals surface area contributed by atoms with Crippen LogP contribution in [-0.2, 0) is 4.74 Å². The summed E-state index contributed by atoms with van der Waals surface area (Å²) in [5, 5.41) is 7.30. The molecule has 1 saturated carbocycles. The molecule has 3 heteroatoms. The van der Waals surface area contributed by atoms with E-state index in [0.717, 1.165) is 6.61 Å². The zero-order valence-corrected chi connectivity index (χ0v) is 12.2. The summed E-state index contributed by atoms with van der Waals surface area (Å²) in [6.07, 6.45) is 8.02. The van der Waals surface area contributed by atoms with Crippen LogP contribution < -0.4 is 10.6 Å². The minimum Gasteiger partial charge on any atom is -0.385 e. The maximum atomic E-state index is 5.22. The molecule has 3 nitrogen and oxygen atoms in total. The average molecular weight is 254 g/mol. The number of ether oxygens (including phenoxy) is 1. The third-order valence-electron chi connectivity index (χ3n) is 4.91. The van der Waals surface area contributed by atoms with Gasteiger partial charge in [-0.3, -0.25) is 0 Å². The van der Waals surface area contributed by atoms with Gasteiger partial charge in [0, 0.05) is 33.4 Å². The van der Waals surface area contributed by atoms with Gasteiger partial charge in [0.15, 0.2) is 0 Å². The lowest BCUT2D eigenvalue weighted by atomic mass is 9.82. The SMILES string of the molecule is CCCC1(CNCC2(CCOC)CC2)CCNC1. The summed E-state index contributed by atoms with van der Waals surface area (Å²) in [6, 6.07) is 0. The molecule has 1 aliphatic carbocycles. The highest BCUT2D eigenvalue weighted by atomic mass is 16.5. The Kier molecular flexibility index (Phi) is 5.05. The van der Waals surface area contributed by atoms with Crippen LogP contribution in [-0.4, -0.2) is 39.9 Å². The van der Waals surface area contributed by atoms with Gasteiger partial charge < -0.3 is 15.4 Å². The van der Waals surface area contributed by atoms with Crippen molar-refractivity contribution in [3.63, 3.8) is 0 Å². The van der Waals surface area contributed by atoms with Crippen LogP contribution in [0.5, 0.6) is 0 Å². The van der Waals surface area contributed by atoms with E-state index in [1.165, 1.54) is 64.7 Å². The van der Waals surface area contributed by atoms with Crippen molar-refractivity contribution >= 4 is 0 Å². The summed E-state index contributed by atoms with van der Waals surface area (Å²) in [6.45, 7) is 8.03. The first kappa shape index (κ1) is 14.3. The van der Waals surface area contributed by atoms with Crippen molar-refractivity contribution in [1.29, 1.82) is 0 Å². The quantitative estimate of drug-likeness (QED) is 0.661. The average Bonchev–Trinajstić information content (AvgIpc) is 2.99. The second-order valence-electron chi connectivity index (χ2n) is 6.52. The Hall–Kier alpha value is -0.120. The van der Waals surface area contributed by atoms with Gasteiger partial charge >= 0.3 is 0 Å². The van der Waals surface area contributed by atoms with Crippen LogP contribution in [0, 0.1) is 10.8 Å². The van der Waals surface area contributed by atoms with Gasteiger partial charge in [-0.1, -0.05) is 13.3 Å². The smallest absolute Gasteiger partial charge is 0.0468 e. The molecule has 0 aromatic rings. The molecule has 0 aromatic carbocycles. The van der Waals surface area contributed by atoms with Crippen molar-refractivity contribution in [2.75, 3.05) is 39.9 Å². The van der Waals surface area contributed by atoms with Crippen molar-refractivity contribution in [3.8, 4) is 0 Å². The van der Waals surface area contributed by atoms with Gasteiger partial charge in [-0.2, -0.15) is 0 Å². The maximum Gasteiger partial charge on any atom is 0.0468 e. The van der Waals surface area contributed by atoms with Crippen LogP contribution in [0.25, 0.3) is 0 Å². The summed E-state index contributed by atoms with van der Waals surface area (Å²) < 4.78 is 5.22. The van der Waals surface area contributed by atoms with E-state index in [1.54, 1.807) is 0 Å². The molecular formula is C15H30N2O. The summed E-state index contributed by atoms with van der Waals surface area (Å²) >= 11 is 0. The Morgan fingerprint density at radius 3 is 2.44 bits per heavy atom. The lowest BCUT2D eigenvalue weighted by molar-refractivity contribution is 0.169. The normalized spacial score (nSPS) is 29.7. The fraction of sp³-hybridized carbons (Fsp3) is 1.00. The maximum absolute atomic E-state index is 5.22. The largest absolute Gasteiger partial charge is 0.385 e. The summed E-state index contributed by atoms with van der Waals surface area (Å²) in [4.78, 5) is 0. The first-order chi connectivity index (χ1) is 8.74. The molecule has 1 unspecified atom stereocenters. The van der Waals surface area contributed by atoms with E-state index < -0.39 is 0 Å². The molecule has 2 rings (SSSR count). The van der Waals surface area contributed by atoms with Gasteiger partial charge in [0.25, 0.3) is 0 Å². The van der Waals surface area contributed by atoms with Gasteiger partial charge in [-0.05, 0) is 49.5 Å². The van der Waals surface area contributed by atoms with Gasteiger partial charge in [-0.25, -0.2) is 0 Å². The van der Waals surface area contributed by atoms with Crippen molar-refractivity contribution in [2.45, 2.75) is 45.4 Å². The fourth-order valence-electron chi connectivity index (χ4n) is 3.38. The van der Waals surface area contributed by atoms with Crippen molar-refractivity contribution < 1.29 is 4.74 Å². The molecule has 2 aliphatic rings. The molecule has 1 aliphatic heterocycles. The number of methoxy groups -OCH3 is 1. The van der Waals surface area contributed by atoms with Crippen molar-refractivity contribution in [1.82, 2.24) is 10.6 Å². The monoisotopic (exact) mass is 254 g/mol. The predicted octanol–water partition coefficient (Wildman–Crippen LogP) is 2.17. The molecule has 1 saturated heterocycles. The van der Waals surface area contributed by atoms with Gasteiger partial charge in [0.2, 0.25) is 0 Å². The molecule has 0 spiro atoms. The summed E-state index contributed by atoms with van der Waals surface area (Å²) in [7, 11) is 1.81. The first-order valence-electron chi connectivity index (χ1n) is 7.65. The van der Waals surface area contributed by atoms with Gasteiger partial charge in [0.05, 0.1) is 0 Å². The first-order valence-corrected chi connectivity index (χ1v) is 7.65. The molecule has 2 fully saturated rings. The molecule has 0 radical (unpaired) electrons. The van der Waals surface area contributed by atoms with Crippen LogP contribution in [0.4, 0.5) is 0 Å². The van der Waals surface area contributed by atoms with E-state index in [2.05, 4.69) is 17.6 Å². The van der Waals surface area contributed by atoms with Crippen molar-refractivity contribution in [3.05, 3.63) is 0 Å². The second-order valence-corrected chi connectivity index (χ2v) is 6.52. The minimum atomic E-state index is 0.534. The minimum absolute atomic E-state index is 0.534. The number of hydrogen-bond acceptors (Lipinski definition) is 3. The Morgan fingerprint density at radius 1 is 1.11 bits per heavy atom. The third kappa shape index (κ3) is 3.69. The highest BCUT2D eigenvalue weighted by molar-refractivity contribution is 4.96. The van der Waals surface area contributed by atoms with Crippen LogP contribution in [0.15, 0.2) is 0 Å². The molecule has 0 bridgehead atoms. The molecule has 2 N–H and O–H groups in total. The van der Waals surface area contributed by atoms with E-state index in [9.17, 15) is 0 Å². The second kappa shape index (κ2) is 6.36. The Bertz CT molecular complexity index is 245. The summed E-state index contributed by atoms with van der Waals surface area (Å²) in [5.74, 6) is 0. The molecule has 0 amide bonds. The molecule has 1 atom stereocenters. The molecule has 106 valence electrons. The Balaban J connectivity index is 1.70. The van der Waals surface area contributed by atoms with Crippen LogP contribution in [0.3, 0.4) is 0 Å². The van der Waals surface area contributed by atoms with Crippen LogP contribution in [0.1, 0.15) is 45.4 Å². The fourth-order valence-corrected chi connectivity index (χ4v) is 3.38.